The highest BCUT2D eigenvalue weighted by Gasteiger charge is 2.09. The Bertz CT molecular complexity index is 686. The Morgan fingerprint density at radius 2 is 2.00 bits per heavy atom. The molecular weight excluding hydrogens is 230 g/mol. The number of benzene rings is 1. The van der Waals surface area contributed by atoms with Gasteiger partial charge in [0.05, 0.1) is 17.0 Å². The van der Waals surface area contributed by atoms with Crippen molar-refractivity contribution in [1.82, 2.24) is 15.1 Å². The van der Waals surface area contributed by atoms with E-state index in [4.69, 9.17) is 0 Å². The van der Waals surface area contributed by atoms with E-state index < -0.39 is 0 Å². The molecule has 18 heavy (non-hydrogen) atoms. The maximum absolute atomic E-state index is 11.7. The number of pyridine rings is 1. The molecule has 0 fully saturated rings. The van der Waals surface area contributed by atoms with Gasteiger partial charge in [-0.25, -0.2) is 4.98 Å². The summed E-state index contributed by atoms with van der Waals surface area (Å²) in [4.78, 5) is 8.78. The first-order chi connectivity index (χ1) is 8.83. The van der Waals surface area contributed by atoms with E-state index in [1.54, 1.807) is 36.7 Å². The average Bonchev–Trinajstić information content (AvgIpc) is 2.40. The molecule has 2 aromatic heterocycles. The maximum Gasteiger partial charge on any atom is 0.295 e. The summed E-state index contributed by atoms with van der Waals surface area (Å²) < 4.78 is 0. The van der Waals surface area contributed by atoms with Crippen molar-refractivity contribution in [3.8, 4) is 0 Å². The lowest BCUT2D eigenvalue weighted by Crippen LogP contribution is -2.33. The second-order valence-corrected chi connectivity index (χ2v) is 3.66. The van der Waals surface area contributed by atoms with E-state index >= 15 is 0 Å². The molecule has 0 radical (unpaired) electrons. The summed E-state index contributed by atoms with van der Waals surface area (Å²) in [5.74, 6) is 0.247. The maximum atomic E-state index is 11.7. The topological polar surface area (TPSA) is 77.6 Å². The summed E-state index contributed by atoms with van der Waals surface area (Å²) >= 11 is 0. The van der Waals surface area contributed by atoms with Crippen LogP contribution in [0.1, 0.15) is 0 Å². The van der Waals surface area contributed by atoms with Crippen LogP contribution in [0.25, 0.3) is 11.0 Å². The number of hydrogen-bond acceptors (Lipinski definition) is 5. The number of hydrogen-bond donors (Lipinski definition) is 1. The third-order valence-corrected chi connectivity index (χ3v) is 2.42. The first-order valence-corrected chi connectivity index (χ1v) is 5.36. The minimum atomic E-state index is 0.247. The second-order valence-electron chi connectivity index (χ2n) is 3.66. The van der Waals surface area contributed by atoms with Gasteiger partial charge in [0, 0.05) is 12.3 Å². The van der Waals surface area contributed by atoms with Crippen LogP contribution in [-0.2, 0) is 0 Å². The number of para-hydroxylation sites is 2. The molecule has 1 N–H and O–H groups in total. The van der Waals surface area contributed by atoms with Gasteiger partial charge in [-0.15, -0.1) is 0 Å². The van der Waals surface area contributed by atoms with Gasteiger partial charge in [-0.3, -0.25) is 4.98 Å². The summed E-state index contributed by atoms with van der Waals surface area (Å²) in [6.45, 7) is 0. The number of aromatic nitrogens is 4. The Morgan fingerprint density at radius 3 is 2.83 bits per heavy atom. The molecule has 6 nitrogen and oxygen atoms in total. The molecule has 3 aromatic rings. The lowest BCUT2D eigenvalue weighted by Gasteiger charge is -2.04. The molecule has 0 unspecified atom stereocenters. The number of fused-ring (bicyclic) bond motifs is 1. The van der Waals surface area contributed by atoms with Gasteiger partial charge in [0.15, 0.2) is 0 Å². The zero-order valence-corrected chi connectivity index (χ0v) is 9.32. The molecule has 6 heteroatoms. The molecule has 0 aliphatic heterocycles. The van der Waals surface area contributed by atoms with Crippen molar-refractivity contribution in [2.45, 2.75) is 0 Å². The number of nitrogens with one attached hydrogen (secondary N) is 1. The van der Waals surface area contributed by atoms with Gasteiger partial charge >= 0.3 is 0 Å². The molecule has 0 amide bonds. The van der Waals surface area contributed by atoms with Gasteiger partial charge in [0.1, 0.15) is 5.52 Å². The van der Waals surface area contributed by atoms with E-state index in [0.29, 0.717) is 15.9 Å². The molecule has 88 valence electrons. The van der Waals surface area contributed by atoms with E-state index in [9.17, 15) is 5.21 Å². The van der Waals surface area contributed by atoms with Crippen molar-refractivity contribution in [1.29, 1.82) is 0 Å². The van der Waals surface area contributed by atoms with Crippen molar-refractivity contribution in [2.24, 2.45) is 0 Å². The molecule has 2 heterocycles. The fraction of sp³-hybridized carbons (Fsp3) is 0. The molecular formula is C12H9N5O. The van der Waals surface area contributed by atoms with Crippen LogP contribution in [0.2, 0.25) is 0 Å². The number of rotatable bonds is 2. The standard InChI is InChI=1S/C12H9N5O/c18-17-11-6-2-1-5-10(11)15-12(16-17)14-9-4-3-7-13-8-9/h1-8H,(H,14,15,16). The van der Waals surface area contributed by atoms with E-state index in [1.165, 1.54) is 0 Å². The highest BCUT2D eigenvalue weighted by atomic mass is 16.5. The van der Waals surface area contributed by atoms with Crippen LogP contribution in [0.15, 0.2) is 48.8 Å². The fourth-order valence-electron chi connectivity index (χ4n) is 1.62. The first-order valence-electron chi connectivity index (χ1n) is 5.36. The first kappa shape index (κ1) is 10.4. The number of nitrogens with zero attached hydrogens (tertiary/aromatic N) is 4. The third kappa shape index (κ3) is 1.91. The van der Waals surface area contributed by atoms with E-state index in [-0.39, 0.29) is 5.95 Å². The summed E-state index contributed by atoms with van der Waals surface area (Å²) in [7, 11) is 0. The van der Waals surface area contributed by atoms with Crippen LogP contribution in [0.3, 0.4) is 0 Å². The van der Waals surface area contributed by atoms with Gasteiger partial charge in [0.2, 0.25) is 0 Å². The van der Waals surface area contributed by atoms with Crippen molar-refractivity contribution in [2.75, 3.05) is 5.32 Å². The Kier molecular flexibility index (Phi) is 2.45. The molecule has 0 spiro atoms. The Hall–Kier alpha value is -2.76. The Morgan fingerprint density at radius 1 is 1.11 bits per heavy atom. The lowest BCUT2D eigenvalue weighted by molar-refractivity contribution is -0.641. The van der Waals surface area contributed by atoms with Gasteiger partial charge in [0.25, 0.3) is 11.5 Å². The molecule has 0 bridgehead atoms. The SMILES string of the molecule is [O-][n+]1nc(Nc2cccnc2)nc2ccccc21. The van der Waals surface area contributed by atoms with Crippen LogP contribution in [0.4, 0.5) is 11.6 Å². The van der Waals surface area contributed by atoms with Crippen molar-refractivity contribution in [3.05, 3.63) is 54.0 Å². The van der Waals surface area contributed by atoms with Crippen LogP contribution < -0.4 is 10.2 Å². The van der Waals surface area contributed by atoms with Crippen molar-refractivity contribution >= 4 is 22.7 Å². The monoisotopic (exact) mass is 239 g/mol. The minimum absolute atomic E-state index is 0.247. The summed E-state index contributed by atoms with van der Waals surface area (Å²) in [5, 5.41) is 18.4. The normalized spacial score (nSPS) is 10.4. The zero-order valence-electron chi connectivity index (χ0n) is 9.32. The van der Waals surface area contributed by atoms with Crippen LogP contribution >= 0.6 is 0 Å². The quantitative estimate of drug-likeness (QED) is 0.540. The average molecular weight is 239 g/mol. The van der Waals surface area contributed by atoms with Gasteiger partial charge in [-0.05, 0) is 23.0 Å². The zero-order chi connectivity index (χ0) is 12.4. The Balaban J connectivity index is 2.03. The predicted octanol–water partition coefficient (Wildman–Crippen LogP) is 1.40. The highest BCUT2D eigenvalue weighted by molar-refractivity contribution is 5.71. The van der Waals surface area contributed by atoms with Crippen molar-refractivity contribution in [3.63, 3.8) is 0 Å². The molecule has 1 aromatic carbocycles. The fourth-order valence-corrected chi connectivity index (χ4v) is 1.62. The molecule has 0 aliphatic rings. The van der Waals surface area contributed by atoms with Crippen LogP contribution in [0.5, 0.6) is 0 Å². The van der Waals surface area contributed by atoms with Crippen LogP contribution in [0, 0.1) is 5.21 Å². The highest BCUT2D eigenvalue weighted by Crippen LogP contribution is 2.12. The smallest absolute Gasteiger partial charge is 0.295 e. The number of anilines is 2. The summed E-state index contributed by atoms with van der Waals surface area (Å²) in [6.07, 6.45) is 3.30. The van der Waals surface area contributed by atoms with Crippen LogP contribution in [-0.4, -0.2) is 15.1 Å². The third-order valence-electron chi connectivity index (χ3n) is 2.42. The predicted molar refractivity (Wildman–Crippen MR) is 66.0 cm³/mol. The van der Waals surface area contributed by atoms with Gasteiger partial charge < -0.3 is 10.5 Å². The van der Waals surface area contributed by atoms with E-state index in [1.807, 2.05) is 12.1 Å². The molecule has 0 saturated heterocycles. The van der Waals surface area contributed by atoms with Gasteiger partial charge in [-0.2, -0.15) is 0 Å². The minimum Gasteiger partial charge on any atom is -0.594 e. The largest absolute Gasteiger partial charge is 0.594 e. The molecule has 0 aliphatic carbocycles. The lowest BCUT2D eigenvalue weighted by atomic mass is 10.3. The summed E-state index contributed by atoms with van der Waals surface area (Å²) in [6, 6.07) is 10.6. The molecule has 0 atom stereocenters. The molecule has 3 rings (SSSR count). The van der Waals surface area contributed by atoms with E-state index in [0.717, 1.165) is 5.69 Å². The van der Waals surface area contributed by atoms with Crippen molar-refractivity contribution < 1.29 is 4.85 Å². The van der Waals surface area contributed by atoms with Gasteiger partial charge in [-0.1, -0.05) is 12.1 Å². The molecule has 0 saturated carbocycles. The summed E-state index contributed by atoms with van der Waals surface area (Å²) in [5.41, 5.74) is 1.76. The second kappa shape index (κ2) is 4.25. The van der Waals surface area contributed by atoms with E-state index in [2.05, 4.69) is 20.4 Å². The Labute approximate surface area is 103 Å².